The molecule has 0 spiro atoms. The molecule has 1 aromatic heterocycles. The van der Waals surface area contributed by atoms with Gasteiger partial charge in [-0.15, -0.1) is 0 Å². The number of aromatic amines is 1. The summed E-state index contributed by atoms with van der Waals surface area (Å²) in [5.41, 5.74) is 1.99. The number of carbonyl (C=O) groups is 1. The van der Waals surface area contributed by atoms with Gasteiger partial charge in [0.25, 0.3) is 0 Å². The van der Waals surface area contributed by atoms with Crippen LogP contribution >= 0.6 is 0 Å². The Morgan fingerprint density at radius 1 is 1.39 bits per heavy atom. The number of halogens is 1. The molecule has 1 saturated heterocycles. The summed E-state index contributed by atoms with van der Waals surface area (Å²) in [7, 11) is 0. The summed E-state index contributed by atoms with van der Waals surface area (Å²) < 4.78 is 20.0. The summed E-state index contributed by atoms with van der Waals surface area (Å²) in [6.45, 7) is 5.10. The topological polar surface area (TPSA) is 45.3 Å². The van der Waals surface area contributed by atoms with E-state index >= 15 is 0 Å². The lowest BCUT2D eigenvalue weighted by Gasteiger charge is -2.31. The Labute approximate surface area is 135 Å². The molecule has 1 aromatic carbocycles. The normalized spacial score (nSPS) is 16.0. The predicted octanol–water partition coefficient (Wildman–Crippen LogP) is 3.65. The van der Waals surface area contributed by atoms with E-state index < -0.39 is 0 Å². The highest BCUT2D eigenvalue weighted by Gasteiger charge is 2.23. The maximum Gasteiger partial charge on any atom is 0.219 e. The fourth-order valence-corrected chi connectivity index (χ4v) is 3.26. The van der Waals surface area contributed by atoms with E-state index in [1.165, 1.54) is 6.07 Å². The number of hydrogen-bond donors (Lipinski definition) is 1. The lowest BCUT2D eigenvalue weighted by atomic mass is 10.1. The molecule has 3 rings (SSSR count). The molecule has 2 aromatic rings. The molecule has 4 nitrogen and oxygen atoms in total. The number of amides is 1. The highest BCUT2D eigenvalue weighted by atomic mass is 19.1. The third-order valence-electron chi connectivity index (χ3n) is 4.50. The molecule has 0 atom stereocenters. The van der Waals surface area contributed by atoms with E-state index in [1.807, 2.05) is 11.1 Å². The Bertz CT molecular complexity index is 702. The van der Waals surface area contributed by atoms with E-state index in [2.05, 4.69) is 11.9 Å². The van der Waals surface area contributed by atoms with Crippen LogP contribution in [0.4, 0.5) is 4.39 Å². The Morgan fingerprint density at radius 2 is 2.13 bits per heavy atom. The third kappa shape index (κ3) is 3.33. The van der Waals surface area contributed by atoms with Crippen molar-refractivity contribution in [3.05, 3.63) is 29.7 Å². The molecule has 124 valence electrons. The first-order chi connectivity index (χ1) is 11.1. The highest BCUT2D eigenvalue weighted by molar-refractivity contribution is 5.88. The van der Waals surface area contributed by atoms with Crippen LogP contribution in [0.15, 0.2) is 18.3 Å². The molecule has 0 aliphatic carbocycles. The maximum atomic E-state index is 14.0. The number of nitrogens with zero attached hydrogens (tertiary/aromatic N) is 1. The van der Waals surface area contributed by atoms with Gasteiger partial charge in [-0.25, -0.2) is 4.39 Å². The standard InChI is InChI=1S/C18H23FN2O2/c1-3-4-13-11-20-18-16(13)9-14(19)10-17(18)23-15-5-7-21(8-6-15)12(2)22/h9-11,15,20H,3-8H2,1-2H3. The number of piperidine rings is 1. The molecule has 1 aliphatic heterocycles. The van der Waals surface area contributed by atoms with Gasteiger partial charge in [-0.2, -0.15) is 0 Å². The van der Waals surface area contributed by atoms with Crippen LogP contribution in [0.2, 0.25) is 0 Å². The number of likely N-dealkylation sites (tertiary alicyclic amines) is 1. The van der Waals surface area contributed by atoms with Crippen LogP contribution < -0.4 is 4.74 Å². The lowest BCUT2D eigenvalue weighted by Crippen LogP contribution is -2.40. The predicted molar refractivity (Wildman–Crippen MR) is 88.2 cm³/mol. The molecule has 1 aliphatic rings. The van der Waals surface area contributed by atoms with Crippen molar-refractivity contribution in [1.82, 2.24) is 9.88 Å². The quantitative estimate of drug-likeness (QED) is 0.935. The van der Waals surface area contributed by atoms with Crippen molar-refractivity contribution in [1.29, 1.82) is 0 Å². The molecule has 1 N–H and O–H groups in total. The second-order valence-corrected chi connectivity index (χ2v) is 6.21. The lowest BCUT2D eigenvalue weighted by molar-refractivity contribution is -0.130. The summed E-state index contributed by atoms with van der Waals surface area (Å²) in [6.07, 6.45) is 5.45. The van der Waals surface area contributed by atoms with Gasteiger partial charge in [0.1, 0.15) is 17.7 Å². The molecule has 1 fully saturated rings. The molecule has 0 saturated carbocycles. The average Bonchev–Trinajstić information content (AvgIpc) is 2.91. The molecule has 5 heteroatoms. The molecule has 2 heterocycles. The van der Waals surface area contributed by atoms with Gasteiger partial charge in [-0.05, 0) is 18.1 Å². The minimum absolute atomic E-state index is 0.0218. The third-order valence-corrected chi connectivity index (χ3v) is 4.50. The summed E-state index contributed by atoms with van der Waals surface area (Å²) in [4.78, 5) is 16.4. The highest BCUT2D eigenvalue weighted by Crippen LogP contribution is 2.31. The van der Waals surface area contributed by atoms with Crippen molar-refractivity contribution in [2.45, 2.75) is 45.6 Å². The van der Waals surface area contributed by atoms with Gasteiger partial charge in [0.2, 0.25) is 5.91 Å². The van der Waals surface area contributed by atoms with Gasteiger partial charge >= 0.3 is 0 Å². The fraction of sp³-hybridized carbons (Fsp3) is 0.500. The van der Waals surface area contributed by atoms with Crippen molar-refractivity contribution in [2.75, 3.05) is 13.1 Å². The Balaban J connectivity index is 1.79. The molecule has 0 bridgehead atoms. The van der Waals surface area contributed by atoms with E-state index in [4.69, 9.17) is 4.74 Å². The fourth-order valence-electron chi connectivity index (χ4n) is 3.26. The SMILES string of the molecule is CCCc1c[nH]c2c(OC3CCN(C(C)=O)CC3)cc(F)cc12. The first-order valence-corrected chi connectivity index (χ1v) is 8.30. The van der Waals surface area contributed by atoms with Crippen LogP contribution in [0.5, 0.6) is 5.75 Å². The summed E-state index contributed by atoms with van der Waals surface area (Å²) in [5.74, 6) is 0.402. The van der Waals surface area contributed by atoms with Gasteiger partial charge in [0, 0.05) is 50.5 Å². The maximum absolute atomic E-state index is 14.0. The van der Waals surface area contributed by atoms with Crippen LogP contribution in [-0.4, -0.2) is 35.0 Å². The van der Waals surface area contributed by atoms with Crippen molar-refractivity contribution >= 4 is 16.8 Å². The zero-order valence-corrected chi connectivity index (χ0v) is 13.7. The average molecular weight is 318 g/mol. The smallest absolute Gasteiger partial charge is 0.219 e. The van der Waals surface area contributed by atoms with E-state index in [9.17, 15) is 9.18 Å². The van der Waals surface area contributed by atoms with Crippen LogP contribution in [0.1, 0.15) is 38.7 Å². The number of fused-ring (bicyclic) bond motifs is 1. The number of benzene rings is 1. The zero-order chi connectivity index (χ0) is 16.4. The number of carbonyl (C=O) groups excluding carboxylic acids is 1. The van der Waals surface area contributed by atoms with Crippen LogP contribution in [-0.2, 0) is 11.2 Å². The van der Waals surface area contributed by atoms with E-state index in [0.717, 1.165) is 42.1 Å². The molecule has 23 heavy (non-hydrogen) atoms. The van der Waals surface area contributed by atoms with Crippen molar-refractivity contribution < 1.29 is 13.9 Å². The van der Waals surface area contributed by atoms with E-state index in [-0.39, 0.29) is 17.8 Å². The summed E-state index contributed by atoms with van der Waals surface area (Å²) in [5, 5.41) is 0.906. The minimum Gasteiger partial charge on any atom is -0.488 e. The van der Waals surface area contributed by atoms with Crippen LogP contribution in [0.25, 0.3) is 10.9 Å². The number of nitrogens with one attached hydrogen (secondary N) is 1. The first kappa shape index (κ1) is 15.8. The number of H-pyrrole nitrogens is 1. The first-order valence-electron chi connectivity index (χ1n) is 8.30. The minimum atomic E-state index is -0.273. The second-order valence-electron chi connectivity index (χ2n) is 6.21. The van der Waals surface area contributed by atoms with Gasteiger partial charge in [0.05, 0.1) is 5.52 Å². The van der Waals surface area contributed by atoms with Crippen molar-refractivity contribution in [2.24, 2.45) is 0 Å². The number of aryl methyl sites for hydroxylation is 1. The molecule has 0 unspecified atom stereocenters. The molecule has 1 amide bonds. The molecule has 0 radical (unpaired) electrons. The second kappa shape index (κ2) is 6.60. The van der Waals surface area contributed by atoms with Gasteiger partial charge in [-0.3, -0.25) is 4.79 Å². The number of aromatic nitrogens is 1. The van der Waals surface area contributed by atoms with E-state index in [0.29, 0.717) is 18.8 Å². The monoisotopic (exact) mass is 318 g/mol. The number of rotatable bonds is 4. The molecular weight excluding hydrogens is 295 g/mol. The Kier molecular flexibility index (Phi) is 4.55. The molecular formula is C18H23FN2O2. The van der Waals surface area contributed by atoms with Gasteiger partial charge < -0.3 is 14.6 Å². The number of ether oxygens (including phenoxy) is 1. The van der Waals surface area contributed by atoms with Gasteiger partial charge in [0.15, 0.2) is 0 Å². The van der Waals surface area contributed by atoms with E-state index in [1.54, 1.807) is 13.0 Å². The van der Waals surface area contributed by atoms with Crippen LogP contribution in [0, 0.1) is 5.82 Å². The largest absolute Gasteiger partial charge is 0.488 e. The van der Waals surface area contributed by atoms with Crippen LogP contribution in [0.3, 0.4) is 0 Å². The summed E-state index contributed by atoms with van der Waals surface area (Å²) in [6, 6.07) is 3.02. The van der Waals surface area contributed by atoms with Gasteiger partial charge in [-0.1, -0.05) is 13.3 Å². The summed E-state index contributed by atoms with van der Waals surface area (Å²) >= 11 is 0. The Morgan fingerprint density at radius 3 is 2.78 bits per heavy atom. The Hall–Kier alpha value is -2.04. The zero-order valence-electron chi connectivity index (χ0n) is 13.7. The van der Waals surface area contributed by atoms with Crippen molar-refractivity contribution in [3.8, 4) is 5.75 Å². The van der Waals surface area contributed by atoms with Crippen molar-refractivity contribution in [3.63, 3.8) is 0 Å². The number of hydrogen-bond acceptors (Lipinski definition) is 2.